The molecule has 0 unspecified atom stereocenters. The van der Waals surface area contributed by atoms with Gasteiger partial charge in [0.25, 0.3) is 26.0 Å². The van der Waals surface area contributed by atoms with Gasteiger partial charge in [-0.25, -0.2) is 16.8 Å². The lowest BCUT2D eigenvalue weighted by atomic mass is 10.1. The first-order chi connectivity index (χ1) is 18.8. The fourth-order valence-corrected chi connectivity index (χ4v) is 6.61. The second-order valence-corrected chi connectivity index (χ2v) is 13.1. The largest absolute Gasteiger partial charge is 0.322 e. The Morgan fingerprint density at radius 3 is 2.02 bits per heavy atom. The zero-order valence-corrected chi connectivity index (χ0v) is 24.6. The standard InChI is InChI=1S/C29H28ClN3O5S2/c1-18-6-5-7-26(21(18)4)32-40(37,38)28-16-22(10-8-20(28)3)29(34)31-24-12-14-25(15-13-24)39(35,36)33-27-17-23(30)11-9-19(27)2/h5-17,32-33H,1-4H3,(H,31,34). The first kappa shape index (κ1) is 29.1. The van der Waals surface area contributed by atoms with Crippen molar-refractivity contribution >= 4 is 54.6 Å². The van der Waals surface area contributed by atoms with Crippen molar-refractivity contribution in [2.24, 2.45) is 0 Å². The summed E-state index contributed by atoms with van der Waals surface area (Å²) in [7, 11) is -7.88. The van der Waals surface area contributed by atoms with Gasteiger partial charge in [-0.3, -0.25) is 14.2 Å². The van der Waals surface area contributed by atoms with Gasteiger partial charge in [0.15, 0.2) is 0 Å². The number of rotatable bonds is 8. The molecule has 11 heteroatoms. The number of hydrogen-bond acceptors (Lipinski definition) is 5. The van der Waals surface area contributed by atoms with E-state index >= 15 is 0 Å². The molecule has 8 nitrogen and oxygen atoms in total. The summed E-state index contributed by atoms with van der Waals surface area (Å²) in [6.45, 7) is 7.13. The van der Waals surface area contributed by atoms with Gasteiger partial charge in [0.05, 0.1) is 21.2 Å². The molecule has 0 radical (unpaired) electrons. The minimum Gasteiger partial charge on any atom is -0.322 e. The Bertz CT molecular complexity index is 1820. The SMILES string of the molecule is Cc1ccc(Cl)cc1NS(=O)(=O)c1ccc(NC(=O)c2ccc(C)c(S(=O)(=O)Nc3cccc(C)c3C)c2)cc1. The van der Waals surface area contributed by atoms with Crippen LogP contribution in [0.3, 0.4) is 0 Å². The molecule has 0 saturated carbocycles. The molecule has 4 rings (SSSR count). The van der Waals surface area contributed by atoms with Gasteiger partial charge in [-0.2, -0.15) is 0 Å². The van der Waals surface area contributed by atoms with E-state index in [9.17, 15) is 21.6 Å². The van der Waals surface area contributed by atoms with Crippen molar-refractivity contribution in [3.8, 4) is 0 Å². The lowest BCUT2D eigenvalue weighted by molar-refractivity contribution is 0.102. The third kappa shape index (κ3) is 6.47. The van der Waals surface area contributed by atoms with Gasteiger partial charge in [-0.1, -0.05) is 35.9 Å². The van der Waals surface area contributed by atoms with Crippen LogP contribution in [0.25, 0.3) is 0 Å². The summed E-state index contributed by atoms with van der Waals surface area (Å²) < 4.78 is 57.2. The molecule has 0 aliphatic carbocycles. The third-order valence-corrected chi connectivity index (χ3v) is 9.58. The van der Waals surface area contributed by atoms with Crippen LogP contribution in [0.15, 0.2) is 88.7 Å². The minimum atomic E-state index is -3.98. The van der Waals surface area contributed by atoms with Crippen molar-refractivity contribution in [3.63, 3.8) is 0 Å². The molecule has 40 heavy (non-hydrogen) atoms. The molecule has 0 bridgehead atoms. The first-order valence-electron chi connectivity index (χ1n) is 12.2. The third-order valence-electron chi connectivity index (χ3n) is 6.46. The van der Waals surface area contributed by atoms with Crippen LogP contribution in [0.5, 0.6) is 0 Å². The Balaban J connectivity index is 1.52. The Morgan fingerprint density at radius 2 is 1.32 bits per heavy atom. The molecule has 1 amide bonds. The van der Waals surface area contributed by atoms with E-state index in [2.05, 4.69) is 14.8 Å². The average molecular weight is 598 g/mol. The molecule has 4 aromatic rings. The lowest BCUT2D eigenvalue weighted by Gasteiger charge is -2.15. The highest BCUT2D eigenvalue weighted by atomic mass is 35.5. The molecule has 4 aromatic carbocycles. The number of carbonyl (C=O) groups is 1. The van der Waals surface area contributed by atoms with Crippen LogP contribution in [0.2, 0.25) is 5.02 Å². The average Bonchev–Trinajstić information content (AvgIpc) is 2.89. The Kier molecular flexibility index (Phi) is 8.25. The Labute approximate surface area is 239 Å². The highest BCUT2D eigenvalue weighted by molar-refractivity contribution is 7.93. The fraction of sp³-hybridized carbons (Fsp3) is 0.138. The lowest BCUT2D eigenvalue weighted by Crippen LogP contribution is -2.18. The normalized spacial score (nSPS) is 11.6. The zero-order valence-electron chi connectivity index (χ0n) is 22.2. The molecule has 3 N–H and O–H groups in total. The molecule has 208 valence electrons. The molecular formula is C29H28ClN3O5S2. The summed E-state index contributed by atoms with van der Waals surface area (Å²) in [5, 5.41) is 3.08. The maximum atomic E-state index is 13.2. The molecule has 0 fully saturated rings. The van der Waals surface area contributed by atoms with Crippen LogP contribution < -0.4 is 14.8 Å². The van der Waals surface area contributed by atoms with E-state index in [1.807, 2.05) is 19.9 Å². The number of anilines is 3. The van der Waals surface area contributed by atoms with Crippen LogP contribution in [0, 0.1) is 27.7 Å². The molecule has 0 saturated heterocycles. The molecule has 0 atom stereocenters. The molecule has 0 aliphatic heterocycles. The minimum absolute atomic E-state index is 0.00823. The van der Waals surface area contributed by atoms with Gasteiger partial charge in [0, 0.05) is 16.3 Å². The number of benzene rings is 4. The predicted octanol–water partition coefficient (Wildman–Crippen LogP) is 6.43. The quantitative estimate of drug-likeness (QED) is 0.216. The number of sulfonamides is 2. The van der Waals surface area contributed by atoms with E-state index < -0.39 is 26.0 Å². The summed E-state index contributed by atoms with van der Waals surface area (Å²) >= 11 is 5.99. The van der Waals surface area contributed by atoms with Crippen molar-refractivity contribution in [1.82, 2.24) is 0 Å². The van der Waals surface area contributed by atoms with Crippen LogP contribution in [0.1, 0.15) is 32.6 Å². The molecule has 0 heterocycles. The van der Waals surface area contributed by atoms with Crippen molar-refractivity contribution in [3.05, 3.63) is 112 Å². The zero-order chi connectivity index (χ0) is 29.2. The van der Waals surface area contributed by atoms with Crippen molar-refractivity contribution in [2.45, 2.75) is 37.5 Å². The summed E-state index contributed by atoms with van der Waals surface area (Å²) in [5.74, 6) is -0.550. The second kappa shape index (κ2) is 11.3. The number of aryl methyl sites for hydroxylation is 3. The van der Waals surface area contributed by atoms with E-state index in [4.69, 9.17) is 11.6 Å². The second-order valence-electron chi connectivity index (χ2n) is 9.38. The van der Waals surface area contributed by atoms with Crippen LogP contribution in [-0.2, 0) is 20.0 Å². The van der Waals surface area contributed by atoms with Gasteiger partial charge in [-0.05, 0) is 105 Å². The van der Waals surface area contributed by atoms with Crippen LogP contribution in [0.4, 0.5) is 17.1 Å². The summed E-state index contributed by atoms with van der Waals surface area (Å²) in [6.07, 6.45) is 0. The van der Waals surface area contributed by atoms with Gasteiger partial charge < -0.3 is 5.32 Å². The van der Waals surface area contributed by atoms with E-state index in [1.54, 1.807) is 44.2 Å². The predicted molar refractivity (Wildman–Crippen MR) is 159 cm³/mol. The van der Waals surface area contributed by atoms with E-state index in [0.717, 1.165) is 11.1 Å². The Hall–Kier alpha value is -3.86. The smallest absolute Gasteiger partial charge is 0.262 e. The Morgan fingerprint density at radius 1 is 0.675 bits per heavy atom. The van der Waals surface area contributed by atoms with Crippen molar-refractivity contribution in [1.29, 1.82) is 0 Å². The maximum absolute atomic E-state index is 13.2. The van der Waals surface area contributed by atoms with Crippen molar-refractivity contribution in [2.75, 3.05) is 14.8 Å². The van der Waals surface area contributed by atoms with E-state index in [0.29, 0.717) is 33.2 Å². The molecule has 0 aromatic heterocycles. The van der Waals surface area contributed by atoms with Crippen LogP contribution in [-0.4, -0.2) is 22.7 Å². The molecular weight excluding hydrogens is 570 g/mol. The summed E-state index contributed by atoms with van der Waals surface area (Å²) in [4.78, 5) is 13.0. The van der Waals surface area contributed by atoms with E-state index in [1.165, 1.54) is 42.5 Å². The van der Waals surface area contributed by atoms with Crippen molar-refractivity contribution < 1.29 is 21.6 Å². The maximum Gasteiger partial charge on any atom is 0.262 e. The van der Waals surface area contributed by atoms with Gasteiger partial charge >= 0.3 is 0 Å². The van der Waals surface area contributed by atoms with Gasteiger partial charge in [0.2, 0.25) is 0 Å². The number of carbonyl (C=O) groups excluding carboxylic acids is 1. The number of halogens is 1. The molecule has 0 spiro atoms. The molecule has 0 aliphatic rings. The monoisotopic (exact) mass is 597 g/mol. The number of amides is 1. The number of nitrogens with one attached hydrogen (secondary N) is 3. The van der Waals surface area contributed by atoms with Gasteiger partial charge in [0.1, 0.15) is 0 Å². The topological polar surface area (TPSA) is 121 Å². The highest BCUT2D eigenvalue weighted by Crippen LogP contribution is 2.26. The summed E-state index contributed by atoms with van der Waals surface area (Å²) in [6, 6.07) is 20.3. The number of hydrogen-bond donors (Lipinski definition) is 3. The highest BCUT2D eigenvalue weighted by Gasteiger charge is 2.21. The summed E-state index contributed by atoms with van der Waals surface area (Å²) in [5.41, 5.74) is 4.22. The van der Waals surface area contributed by atoms with Crippen LogP contribution >= 0.6 is 11.6 Å². The fourth-order valence-electron chi connectivity index (χ4n) is 3.92. The first-order valence-corrected chi connectivity index (χ1v) is 15.5. The van der Waals surface area contributed by atoms with Gasteiger partial charge in [-0.15, -0.1) is 0 Å². The van der Waals surface area contributed by atoms with E-state index in [-0.39, 0.29) is 15.4 Å².